The van der Waals surface area contributed by atoms with E-state index < -0.39 is 15.8 Å². The van der Waals surface area contributed by atoms with E-state index in [2.05, 4.69) is 5.32 Å². The minimum absolute atomic E-state index is 0.0571. The van der Waals surface area contributed by atoms with Gasteiger partial charge in [0.15, 0.2) is 0 Å². The van der Waals surface area contributed by atoms with Crippen molar-refractivity contribution in [2.24, 2.45) is 0 Å². The van der Waals surface area contributed by atoms with E-state index in [1.807, 2.05) is 0 Å². The summed E-state index contributed by atoms with van der Waals surface area (Å²) in [6, 6.07) is 9.89. The van der Waals surface area contributed by atoms with Crippen LogP contribution in [-0.2, 0) is 16.6 Å². The highest BCUT2D eigenvalue weighted by molar-refractivity contribution is 7.92. The Kier molecular flexibility index (Phi) is 5.63. The van der Waals surface area contributed by atoms with Crippen molar-refractivity contribution in [2.75, 3.05) is 24.7 Å². The molecule has 0 aliphatic heterocycles. The first-order chi connectivity index (χ1) is 11.8. The van der Waals surface area contributed by atoms with E-state index >= 15 is 0 Å². The van der Waals surface area contributed by atoms with Gasteiger partial charge in [-0.3, -0.25) is 9.10 Å². The number of rotatable bonds is 6. The first kappa shape index (κ1) is 18.7. The van der Waals surface area contributed by atoms with Gasteiger partial charge in [0.2, 0.25) is 10.0 Å². The summed E-state index contributed by atoms with van der Waals surface area (Å²) in [5, 5.41) is 2.51. The molecule has 0 atom stereocenters. The summed E-state index contributed by atoms with van der Waals surface area (Å²) in [4.78, 5) is 11.8. The number of carbonyl (C=O) groups is 1. The lowest BCUT2D eigenvalue weighted by Gasteiger charge is -2.23. The van der Waals surface area contributed by atoms with Crippen LogP contribution in [0.3, 0.4) is 0 Å². The molecule has 0 aliphatic rings. The molecular weight excluding hydrogens is 347 g/mol. The number of sulfonamides is 1. The lowest BCUT2D eigenvalue weighted by atomic mass is 10.1. The summed E-state index contributed by atoms with van der Waals surface area (Å²) >= 11 is 0. The number of benzene rings is 2. The zero-order valence-corrected chi connectivity index (χ0v) is 14.9. The van der Waals surface area contributed by atoms with Gasteiger partial charge in [-0.05, 0) is 42.5 Å². The van der Waals surface area contributed by atoms with Gasteiger partial charge >= 0.3 is 0 Å². The summed E-state index contributed by atoms with van der Waals surface area (Å²) in [5.74, 6) is -0.309. The molecule has 0 saturated heterocycles. The molecule has 0 radical (unpaired) electrons. The van der Waals surface area contributed by atoms with Crippen molar-refractivity contribution in [3.63, 3.8) is 0 Å². The molecule has 0 fully saturated rings. The van der Waals surface area contributed by atoms with Crippen molar-refractivity contribution in [2.45, 2.75) is 6.54 Å². The maximum absolute atomic E-state index is 13.1. The SMILES string of the molecule is CNC(=O)c1ccc(OC)c(CN(c2ccc(F)cc2)S(C)(=O)=O)c1. The van der Waals surface area contributed by atoms with Crippen LogP contribution >= 0.6 is 0 Å². The Morgan fingerprint density at radius 2 is 1.84 bits per heavy atom. The van der Waals surface area contributed by atoms with Crippen LogP contribution in [0.5, 0.6) is 5.75 Å². The standard InChI is InChI=1S/C17H19FN2O4S/c1-19-17(21)12-4-9-16(24-2)13(10-12)11-20(25(3,22)23)15-7-5-14(18)6-8-15/h4-10H,11H2,1-3H3,(H,19,21). The van der Waals surface area contributed by atoms with E-state index in [0.29, 0.717) is 22.6 Å². The number of hydrogen-bond donors (Lipinski definition) is 1. The number of amides is 1. The molecular formula is C17H19FN2O4S. The van der Waals surface area contributed by atoms with E-state index in [1.54, 1.807) is 18.2 Å². The van der Waals surface area contributed by atoms with Crippen LogP contribution in [0.25, 0.3) is 0 Å². The number of nitrogens with one attached hydrogen (secondary N) is 1. The van der Waals surface area contributed by atoms with Crippen LogP contribution in [0.15, 0.2) is 42.5 Å². The minimum atomic E-state index is -3.64. The highest BCUT2D eigenvalue weighted by Crippen LogP contribution is 2.26. The second-order valence-corrected chi connectivity index (χ2v) is 7.26. The molecule has 1 N–H and O–H groups in total. The number of anilines is 1. The lowest BCUT2D eigenvalue weighted by Crippen LogP contribution is -2.29. The molecule has 0 saturated carbocycles. The van der Waals surface area contributed by atoms with Crippen molar-refractivity contribution >= 4 is 21.6 Å². The van der Waals surface area contributed by atoms with Gasteiger partial charge < -0.3 is 10.1 Å². The molecule has 1 amide bonds. The van der Waals surface area contributed by atoms with Gasteiger partial charge in [-0.1, -0.05) is 0 Å². The Labute approximate surface area is 146 Å². The van der Waals surface area contributed by atoms with Gasteiger partial charge in [0.05, 0.1) is 25.6 Å². The van der Waals surface area contributed by atoms with Crippen molar-refractivity contribution < 1.29 is 22.3 Å². The van der Waals surface area contributed by atoms with Crippen LogP contribution in [0.2, 0.25) is 0 Å². The molecule has 2 aromatic carbocycles. The fourth-order valence-corrected chi connectivity index (χ4v) is 3.23. The third-order valence-corrected chi connectivity index (χ3v) is 4.74. The second kappa shape index (κ2) is 7.52. The summed E-state index contributed by atoms with van der Waals surface area (Å²) in [6.45, 7) is -0.0571. The van der Waals surface area contributed by atoms with Crippen molar-refractivity contribution in [3.05, 3.63) is 59.4 Å². The number of ether oxygens (including phenoxy) is 1. The molecule has 0 bridgehead atoms. The summed E-state index contributed by atoms with van der Waals surface area (Å²) in [5.41, 5.74) is 1.21. The number of hydrogen-bond acceptors (Lipinski definition) is 4. The molecule has 2 aromatic rings. The predicted molar refractivity (Wildman–Crippen MR) is 93.8 cm³/mol. The Bertz CT molecular complexity index is 867. The predicted octanol–water partition coefficient (Wildman–Crippen LogP) is 2.16. The average Bonchev–Trinajstić information content (AvgIpc) is 2.58. The van der Waals surface area contributed by atoms with Gasteiger partial charge in [-0.25, -0.2) is 12.8 Å². The monoisotopic (exact) mass is 366 g/mol. The lowest BCUT2D eigenvalue weighted by molar-refractivity contribution is 0.0963. The van der Waals surface area contributed by atoms with E-state index in [9.17, 15) is 17.6 Å². The van der Waals surface area contributed by atoms with Crippen LogP contribution in [0.4, 0.5) is 10.1 Å². The average molecular weight is 366 g/mol. The van der Waals surface area contributed by atoms with Gasteiger partial charge in [-0.15, -0.1) is 0 Å². The molecule has 0 spiro atoms. The van der Waals surface area contributed by atoms with Crippen molar-refractivity contribution in [1.82, 2.24) is 5.32 Å². The fourth-order valence-electron chi connectivity index (χ4n) is 2.35. The summed E-state index contributed by atoms with van der Waals surface area (Å²) in [7, 11) is -0.671. The normalized spacial score (nSPS) is 11.0. The summed E-state index contributed by atoms with van der Waals surface area (Å²) in [6.07, 6.45) is 1.06. The molecule has 134 valence electrons. The number of methoxy groups -OCH3 is 1. The molecule has 0 aliphatic carbocycles. The minimum Gasteiger partial charge on any atom is -0.496 e. The molecule has 0 unspecified atom stereocenters. The third-order valence-electron chi connectivity index (χ3n) is 3.60. The van der Waals surface area contributed by atoms with Crippen LogP contribution < -0.4 is 14.4 Å². The van der Waals surface area contributed by atoms with Gasteiger partial charge in [0.1, 0.15) is 11.6 Å². The Morgan fingerprint density at radius 3 is 2.36 bits per heavy atom. The van der Waals surface area contributed by atoms with Crippen molar-refractivity contribution in [1.29, 1.82) is 0 Å². The largest absolute Gasteiger partial charge is 0.496 e. The van der Waals surface area contributed by atoms with E-state index in [0.717, 1.165) is 10.6 Å². The molecule has 0 aromatic heterocycles. The van der Waals surface area contributed by atoms with Crippen LogP contribution in [-0.4, -0.2) is 34.7 Å². The third kappa shape index (κ3) is 4.48. The zero-order valence-electron chi connectivity index (χ0n) is 14.1. The van der Waals surface area contributed by atoms with E-state index in [4.69, 9.17) is 4.74 Å². The highest BCUT2D eigenvalue weighted by atomic mass is 32.2. The van der Waals surface area contributed by atoms with E-state index in [-0.39, 0.29) is 12.5 Å². The van der Waals surface area contributed by atoms with Gasteiger partial charge in [-0.2, -0.15) is 0 Å². The van der Waals surface area contributed by atoms with Crippen LogP contribution in [0, 0.1) is 5.82 Å². The maximum atomic E-state index is 13.1. The molecule has 0 heterocycles. The molecule has 2 rings (SSSR count). The topological polar surface area (TPSA) is 75.7 Å². The smallest absolute Gasteiger partial charge is 0.251 e. The Morgan fingerprint density at radius 1 is 1.20 bits per heavy atom. The Hall–Kier alpha value is -2.61. The van der Waals surface area contributed by atoms with Crippen molar-refractivity contribution in [3.8, 4) is 5.75 Å². The molecule has 8 heteroatoms. The first-order valence-corrected chi connectivity index (χ1v) is 9.23. The number of halogens is 1. The second-order valence-electron chi connectivity index (χ2n) is 5.35. The van der Waals surface area contributed by atoms with Gasteiger partial charge in [0.25, 0.3) is 5.91 Å². The zero-order chi connectivity index (χ0) is 18.6. The van der Waals surface area contributed by atoms with E-state index in [1.165, 1.54) is 38.4 Å². The number of nitrogens with zero attached hydrogens (tertiary/aromatic N) is 1. The van der Waals surface area contributed by atoms with Crippen LogP contribution in [0.1, 0.15) is 15.9 Å². The first-order valence-electron chi connectivity index (χ1n) is 7.38. The maximum Gasteiger partial charge on any atom is 0.251 e. The molecule has 6 nitrogen and oxygen atoms in total. The van der Waals surface area contributed by atoms with Gasteiger partial charge in [0, 0.05) is 18.2 Å². The quantitative estimate of drug-likeness (QED) is 0.850. The summed E-state index contributed by atoms with van der Waals surface area (Å²) < 4.78 is 43.9. The Balaban J connectivity index is 2.48. The molecule has 25 heavy (non-hydrogen) atoms. The fraction of sp³-hybridized carbons (Fsp3) is 0.235. The number of carbonyl (C=O) groups excluding carboxylic acids is 1. The highest BCUT2D eigenvalue weighted by Gasteiger charge is 2.20.